The Balaban J connectivity index is 0.988. The van der Waals surface area contributed by atoms with Gasteiger partial charge in [0.15, 0.2) is 11.2 Å². The van der Waals surface area contributed by atoms with Crippen LogP contribution in [0.15, 0.2) is 239 Å². The fraction of sp³-hybridized carbons (Fsp3) is 0.111. The quantitative estimate of drug-likeness (QED) is 0.152. The van der Waals surface area contributed by atoms with Crippen molar-refractivity contribution < 1.29 is 8.83 Å². The standard InChI is InChI=1S/C72H54N2O2/c1-71(2)55-41-54-56(42-53(55)65-57(71)43-61(69-67(65)51-35-19-23-39-63(51)75-69)73(47-29-13-7-14-30-47)59-37-21-17-33-49(59)45-25-9-5-10-26-45)72(3,4)58-44-62(70-68(66(54)58)52-36-20-24-40-64(52)76-70)74(48-31-15-8-16-32-48)60-38-22-18-34-50(60)46-27-11-6-12-28-46/h5,7-11,13-44H,6,12H2,1-4H3. The monoisotopic (exact) mass is 978 g/mol. The maximum atomic E-state index is 7.23. The molecular formula is C72H54N2O2. The summed E-state index contributed by atoms with van der Waals surface area (Å²) in [5, 5.41) is 4.53. The average molecular weight is 979 g/mol. The van der Waals surface area contributed by atoms with E-state index in [0.29, 0.717) is 0 Å². The molecule has 0 N–H and O–H groups in total. The van der Waals surface area contributed by atoms with Gasteiger partial charge in [0, 0.05) is 54.9 Å². The van der Waals surface area contributed by atoms with Crippen LogP contribution in [0.3, 0.4) is 0 Å². The van der Waals surface area contributed by atoms with Crippen molar-refractivity contribution >= 4 is 83.6 Å². The molecule has 0 saturated carbocycles. The van der Waals surface area contributed by atoms with Crippen molar-refractivity contribution in [3.05, 3.63) is 258 Å². The minimum Gasteiger partial charge on any atom is -0.454 e. The lowest BCUT2D eigenvalue weighted by atomic mass is 9.79. The maximum Gasteiger partial charge on any atom is 0.160 e. The third-order valence-electron chi connectivity index (χ3n) is 16.8. The first kappa shape index (κ1) is 44.4. The number of benzene rings is 10. The van der Waals surface area contributed by atoms with E-state index in [0.717, 1.165) is 102 Å². The zero-order valence-electron chi connectivity index (χ0n) is 43.1. The molecule has 12 aromatic rings. The summed E-state index contributed by atoms with van der Waals surface area (Å²) >= 11 is 0. The van der Waals surface area contributed by atoms with Gasteiger partial charge >= 0.3 is 0 Å². The van der Waals surface area contributed by atoms with Crippen molar-refractivity contribution in [3.63, 3.8) is 0 Å². The minimum atomic E-state index is -0.400. The molecule has 4 heteroatoms. The van der Waals surface area contributed by atoms with E-state index < -0.39 is 10.8 Å². The number of hydrogen-bond acceptors (Lipinski definition) is 4. The molecule has 0 radical (unpaired) electrons. The number of allylic oxidation sites excluding steroid dienone is 4. The molecule has 10 aromatic carbocycles. The lowest BCUT2D eigenvalue weighted by Gasteiger charge is -2.30. The molecule has 0 spiro atoms. The van der Waals surface area contributed by atoms with Gasteiger partial charge < -0.3 is 18.6 Å². The van der Waals surface area contributed by atoms with Crippen LogP contribution in [0.2, 0.25) is 0 Å². The predicted octanol–water partition coefficient (Wildman–Crippen LogP) is 20.4. The van der Waals surface area contributed by atoms with Crippen molar-refractivity contribution in [2.75, 3.05) is 9.80 Å². The molecule has 2 heterocycles. The Morgan fingerprint density at radius 1 is 0.382 bits per heavy atom. The van der Waals surface area contributed by atoms with Gasteiger partial charge in [0.25, 0.3) is 0 Å². The molecule has 15 rings (SSSR count). The summed E-state index contributed by atoms with van der Waals surface area (Å²) in [4.78, 5) is 4.86. The first-order chi connectivity index (χ1) is 37.3. The Kier molecular flexibility index (Phi) is 9.75. The number of furan rings is 2. The zero-order valence-corrected chi connectivity index (χ0v) is 43.1. The highest BCUT2D eigenvalue weighted by atomic mass is 16.3. The van der Waals surface area contributed by atoms with E-state index in [1.165, 1.54) is 55.6 Å². The fourth-order valence-corrected chi connectivity index (χ4v) is 13.2. The summed E-state index contributed by atoms with van der Waals surface area (Å²) < 4.78 is 14.4. The second kappa shape index (κ2) is 16.7. The molecule has 364 valence electrons. The first-order valence-electron chi connectivity index (χ1n) is 26.7. The van der Waals surface area contributed by atoms with Crippen molar-refractivity contribution in [2.45, 2.75) is 51.4 Å². The third kappa shape index (κ3) is 6.43. The first-order valence-corrected chi connectivity index (χ1v) is 26.7. The van der Waals surface area contributed by atoms with Crippen LogP contribution < -0.4 is 9.80 Å². The summed E-state index contributed by atoms with van der Waals surface area (Å²) in [6.07, 6.45) is 9.05. The van der Waals surface area contributed by atoms with Crippen molar-refractivity contribution in [1.82, 2.24) is 0 Å². The van der Waals surface area contributed by atoms with Crippen LogP contribution >= 0.6 is 0 Å². The predicted molar refractivity (Wildman–Crippen MR) is 317 cm³/mol. The number of hydrogen-bond donors (Lipinski definition) is 0. The molecule has 76 heavy (non-hydrogen) atoms. The summed E-state index contributed by atoms with van der Waals surface area (Å²) in [6, 6.07) is 77.2. The van der Waals surface area contributed by atoms with E-state index in [1.807, 2.05) is 0 Å². The Morgan fingerprint density at radius 2 is 0.816 bits per heavy atom. The van der Waals surface area contributed by atoms with Crippen molar-refractivity contribution in [3.8, 4) is 33.4 Å². The van der Waals surface area contributed by atoms with Gasteiger partial charge in [0.1, 0.15) is 11.2 Å². The second-order valence-electron chi connectivity index (χ2n) is 21.8. The van der Waals surface area contributed by atoms with E-state index in [4.69, 9.17) is 8.83 Å². The molecule has 0 fully saturated rings. The van der Waals surface area contributed by atoms with Crippen LogP contribution in [0.4, 0.5) is 34.1 Å². The molecule has 0 bridgehead atoms. The van der Waals surface area contributed by atoms with Gasteiger partial charge in [0.05, 0.1) is 22.7 Å². The largest absolute Gasteiger partial charge is 0.454 e. The minimum absolute atomic E-state index is 0.396. The summed E-state index contributed by atoms with van der Waals surface area (Å²) in [7, 11) is 0. The molecule has 0 aliphatic heterocycles. The molecule has 3 aliphatic carbocycles. The van der Waals surface area contributed by atoms with Crippen LogP contribution in [-0.4, -0.2) is 0 Å². The van der Waals surface area contributed by atoms with Crippen LogP contribution in [-0.2, 0) is 10.8 Å². The highest BCUT2D eigenvalue weighted by Gasteiger charge is 2.45. The lowest BCUT2D eigenvalue weighted by Crippen LogP contribution is -2.18. The van der Waals surface area contributed by atoms with Gasteiger partial charge in [-0.3, -0.25) is 0 Å². The van der Waals surface area contributed by atoms with Gasteiger partial charge in [-0.25, -0.2) is 0 Å². The Hall–Kier alpha value is -9.12. The molecule has 0 amide bonds. The zero-order chi connectivity index (χ0) is 50.9. The van der Waals surface area contributed by atoms with Crippen molar-refractivity contribution in [2.24, 2.45) is 0 Å². The van der Waals surface area contributed by atoms with E-state index in [2.05, 4.69) is 268 Å². The molecular weight excluding hydrogens is 925 g/mol. The topological polar surface area (TPSA) is 32.8 Å². The molecule has 0 saturated heterocycles. The molecule has 0 atom stereocenters. The highest BCUT2D eigenvalue weighted by Crippen LogP contribution is 2.62. The van der Waals surface area contributed by atoms with E-state index in [9.17, 15) is 0 Å². The van der Waals surface area contributed by atoms with E-state index >= 15 is 0 Å². The maximum absolute atomic E-state index is 7.23. The van der Waals surface area contributed by atoms with Crippen LogP contribution in [0.25, 0.3) is 82.8 Å². The van der Waals surface area contributed by atoms with Gasteiger partial charge in [-0.15, -0.1) is 0 Å². The second-order valence-corrected chi connectivity index (χ2v) is 21.8. The van der Waals surface area contributed by atoms with Crippen molar-refractivity contribution in [1.29, 1.82) is 0 Å². The number of para-hydroxylation sites is 6. The molecule has 0 unspecified atom stereocenters. The van der Waals surface area contributed by atoms with Gasteiger partial charge in [-0.2, -0.15) is 0 Å². The molecule has 2 aromatic heterocycles. The summed E-state index contributed by atoms with van der Waals surface area (Å²) in [5.74, 6) is 0. The number of rotatable bonds is 8. The average Bonchev–Trinajstić information content (AvgIpc) is 4.32. The highest BCUT2D eigenvalue weighted by molar-refractivity contribution is 6.22. The van der Waals surface area contributed by atoms with Gasteiger partial charge in [0.2, 0.25) is 0 Å². The number of nitrogens with zero attached hydrogens (tertiary/aromatic N) is 2. The normalized spacial score (nSPS) is 14.7. The fourth-order valence-electron chi connectivity index (χ4n) is 13.2. The Labute approximate surface area is 443 Å². The van der Waals surface area contributed by atoms with Crippen LogP contribution in [0, 0.1) is 0 Å². The van der Waals surface area contributed by atoms with E-state index in [-0.39, 0.29) is 0 Å². The summed E-state index contributed by atoms with van der Waals surface area (Å²) in [5.41, 5.74) is 24.1. The smallest absolute Gasteiger partial charge is 0.160 e. The van der Waals surface area contributed by atoms with Gasteiger partial charge in [-0.1, -0.05) is 185 Å². The van der Waals surface area contributed by atoms with E-state index in [1.54, 1.807) is 0 Å². The summed E-state index contributed by atoms with van der Waals surface area (Å²) in [6.45, 7) is 9.70. The van der Waals surface area contributed by atoms with Crippen LogP contribution in [0.5, 0.6) is 0 Å². The Bertz CT molecular complexity index is 4400. The SMILES string of the molecule is CC1(C)c2cc3c(cc2-c2c1cc(N(c1ccccc1)c1ccccc1C1=CCCC=C1)c1oc4ccccc4c21)C(C)(C)c1cc(N(c2ccccc2)c2ccccc2-c2ccccc2)c2oc4ccccc4c2c1-3. The third-order valence-corrected chi connectivity index (χ3v) is 16.8. The van der Waals surface area contributed by atoms with Crippen LogP contribution in [0.1, 0.15) is 68.4 Å². The number of fused-ring (bicyclic) bond motifs is 14. The number of anilines is 6. The van der Waals surface area contributed by atoms with Gasteiger partial charge in [-0.05, 0) is 141 Å². The lowest BCUT2D eigenvalue weighted by molar-refractivity contribution is 0.650. The molecule has 4 nitrogen and oxygen atoms in total. The molecule has 3 aliphatic rings. The Morgan fingerprint density at radius 3 is 1.32 bits per heavy atom.